The Hall–Kier alpha value is -3.04. The fourth-order valence-electron chi connectivity index (χ4n) is 2.82. The number of anilines is 1. The number of rotatable bonds is 4. The number of aryl methyl sites for hydroxylation is 1. The van der Waals surface area contributed by atoms with Crippen molar-refractivity contribution in [2.75, 3.05) is 12.0 Å². The van der Waals surface area contributed by atoms with E-state index in [0.29, 0.717) is 17.1 Å². The molecule has 0 bridgehead atoms. The SMILES string of the molecule is COC(=O)/C(C#N)=C1\S[C@@H](Cc2ccc(C)cc2)C(=O)N1c1ccccc1. The molecule has 1 atom stereocenters. The molecule has 0 aliphatic carbocycles. The fraction of sp³-hybridized carbons (Fsp3) is 0.190. The first kappa shape index (κ1) is 18.7. The van der Waals surface area contributed by atoms with Crippen LogP contribution in [0.5, 0.6) is 0 Å². The van der Waals surface area contributed by atoms with Gasteiger partial charge >= 0.3 is 5.97 Å². The van der Waals surface area contributed by atoms with Crippen LogP contribution >= 0.6 is 11.8 Å². The minimum atomic E-state index is -0.746. The van der Waals surface area contributed by atoms with E-state index in [1.165, 1.54) is 23.8 Å². The van der Waals surface area contributed by atoms with Gasteiger partial charge in [-0.05, 0) is 31.0 Å². The van der Waals surface area contributed by atoms with E-state index in [-0.39, 0.29) is 11.5 Å². The topological polar surface area (TPSA) is 70.4 Å². The number of thioether (sulfide) groups is 1. The minimum Gasteiger partial charge on any atom is -0.465 e. The van der Waals surface area contributed by atoms with Gasteiger partial charge in [0.2, 0.25) is 5.91 Å². The quantitative estimate of drug-likeness (QED) is 0.462. The van der Waals surface area contributed by atoms with Crippen molar-refractivity contribution in [3.63, 3.8) is 0 Å². The Morgan fingerprint density at radius 1 is 1.19 bits per heavy atom. The van der Waals surface area contributed by atoms with E-state index in [1.807, 2.05) is 55.5 Å². The summed E-state index contributed by atoms with van der Waals surface area (Å²) in [7, 11) is 1.22. The molecule has 0 saturated carbocycles. The zero-order valence-corrected chi connectivity index (χ0v) is 15.8. The lowest BCUT2D eigenvalue weighted by Gasteiger charge is -2.18. The summed E-state index contributed by atoms with van der Waals surface area (Å²) in [5.74, 6) is -0.900. The Bertz CT molecular complexity index is 930. The summed E-state index contributed by atoms with van der Waals surface area (Å²) in [5.41, 5.74) is 2.63. The molecule has 6 heteroatoms. The third-order valence-corrected chi connectivity index (χ3v) is 5.49. The van der Waals surface area contributed by atoms with Crippen molar-refractivity contribution in [3.8, 4) is 6.07 Å². The molecule has 2 aromatic rings. The number of nitrogens with zero attached hydrogens (tertiary/aromatic N) is 2. The highest BCUT2D eigenvalue weighted by atomic mass is 32.2. The van der Waals surface area contributed by atoms with Crippen LogP contribution in [0.25, 0.3) is 0 Å². The molecule has 0 aromatic heterocycles. The zero-order valence-electron chi connectivity index (χ0n) is 15.0. The molecule has 2 aromatic carbocycles. The second-order valence-electron chi connectivity index (χ2n) is 6.09. The van der Waals surface area contributed by atoms with Crippen molar-refractivity contribution >= 4 is 29.3 Å². The molecule has 1 saturated heterocycles. The molecule has 1 fully saturated rings. The molecule has 27 heavy (non-hydrogen) atoms. The molecule has 0 spiro atoms. The Labute approximate surface area is 162 Å². The Morgan fingerprint density at radius 2 is 1.85 bits per heavy atom. The van der Waals surface area contributed by atoms with Gasteiger partial charge in [-0.2, -0.15) is 5.26 Å². The molecular formula is C21H18N2O3S. The van der Waals surface area contributed by atoms with E-state index in [0.717, 1.165) is 11.1 Å². The number of benzene rings is 2. The normalized spacial score (nSPS) is 18.2. The lowest BCUT2D eigenvalue weighted by Crippen LogP contribution is -2.30. The van der Waals surface area contributed by atoms with Gasteiger partial charge in [0, 0.05) is 5.69 Å². The van der Waals surface area contributed by atoms with Gasteiger partial charge < -0.3 is 4.74 Å². The molecular weight excluding hydrogens is 360 g/mol. The number of amides is 1. The highest BCUT2D eigenvalue weighted by Gasteiger charge is 2.40. The predicted molar refractivity (Wildman–Crippen MR) is 105 cm³/mol. The maximum atomic E-state index is 13.1. The van der Waals surface area contributed by atoms with Crippen LogP contribution in [0, 0.1) is 18.3 Å². The monoisotopic (exact) mass is 378 g/mol. The van der Waals surface area contributed by atoms with E-state index in [2.05, 4.69) is 0 Å². The third kappa shape index (κ3) is 3.88. The van der Waals surface area contributed by atoms with E-state index >= 15 is 0 Å². The zero-order chi connectivity index (χ0) is 19.4. The lowest BCUT2D eigenvalue weighted by atomic mass is 10.1. The second kappa shape index (κ2) is 8.11. The van der Waals surface area contributed by atoms with Crippen molar-refractivity contribution in [3.05, 3.63) is 76.3 Å². The van der Waals surface area contributed by atoms with Gasteiger partial charge in [-0.25, -0.2) is 4.79 Å². The molecule has 1 aliphatic rings. The number of nitriles is 1. The number of ether oxygens (including phenoxy) is 1. The van der Waals surface area contributed by atoms with Gasteiger partial charge in [-0.15, -0.1) is 0 Å². The lowest BCUT2D eigenvalue weighted by molar-refractivity contribution is -0.135. The molecule has 1 aliphatic heterocycles. The number of carbonyl (C=O) groups is 2. The Morgan fingerprint density at radius 3 is 2.44 bits per heavy atom. The fourth-order valence-corrected chi connectivity index (χ4v) is 4.12. The highest BCUT2D eigenvalue weighted by Crippen LogP contribution is 2.41. The van der Waals surface area contributed by atoms with Gasteiger partial charge in [-0.1, -0.05) is 59.8 Å². The van der Waals surface area contributed by atoms with Gasteiger partial charge in [0.1, 0.15) is 11.1 Å². The molecule has 1 heterocycles. The van der Waals surface area contributed by atoms with E-state index < -0.39 is 11.2 Å². The summed E-state index contributed by atoms with van der Waals surface area (Å²) in [6.07, 6.45) is 0.510. The van der Waals surface area contributed by atoms with Crippen molar-refractivity contribution in [2.24, 2.45) is 0 Å². The van der Waals surface area contributed by atoms with Gasteiger partial charge in [0.05, 0.1) is 12.4 Å². The van der Waals surface area contributed by atoms with E-state index in [1.54, 1.807) is 12.1 Å². The Balaban J connectivity index is 2.02. The van der Waals surface area contributed by atoms with Crippen LogP contribution in [0.4, 0.5) is 5.69 Å². The standard InChI is InChI=1S/C21H18N2O3S/c1-14-8-10-15(11-9-14)12-18-19(24)23(16-6-4-3-5-7-16)20(27-18)17(13-22)21(25)26-2/h3-11,18H,12H2,1-2H3/b20-17-/t18-/m0/s1. The third-order valence-electron chi connectivity index (χ3n) is 4.22. The van der Waals surface area contributed by atoms with Crippen molar-refractivity contribution in [1.29, 1.82) is 5.26 Å². The summed E-state index contributed by atoms with van der Waals surface area (Å²) >= 11 is 1.23. The number of para-hydroxylation sites is 1. The first-order chi connectivity index (χ1) is 13.0. The summed E-state index contributed by atoms with van der Waals surface area (Å²) in [6, 6.07) is 18.9. The highest BCUT2D eigenvalue weighted by molar-refractivity contribution is 8.05. The first-order valence-electron chi connectivity index (χ1n) is 8.39. The van der Waals surface area contributed by atoms with Crippen LogP contribution in [0.1, 0.15) is 11.1 Å². The number of hydrogen-bond donors (Lipinski definition) is 0. The van der Waals surface area contributed by atoms with Gasteiger partial charge in [0.15, 0.2) is 5.57 Å². The molecule has 1 amide bonds. The van der Waals surface area contributed by atoms with Crippen molar-refractivity contribution < 1.29 is 14.3 Å². The molecule has 0 N–H and O–H groups in total. The number of hydrogen-bond acceptors (Lipinski definition) is 5. The first-order valence-corrected chi connectivity index (χ1v) is 9.27. The largest absolute Gasteiger partial charge is 0.465 e. The number of methoxy groups -OCH3 is 1. The van der Waals surface area contributed by atoms with Crippen molar-refractivity contribution in [1.82, 2.24) is 0 Å². The van der Waals surface area contributed by atoms with Crippen molar-refractivity contribution in [2.45, 2.75) is 18.6 Å². The van der Waals surface area contributed by atoms with E-state index in [4.69, 9.17) is 4.74 Å². The predicted octanol–water partition coefficient (Wildman–Crippen LogP) is 3.59. The van der Waals surface area contributed by atoms with Crippen LogP contribution in [-0.2, 0) is 20.7 Å². The minimum absolute atomic E-state index is 0.154. The Kier molecular flexibility index (Phi) is 5.63. The van der Waals surface area contributed by atoms with Crippen LogP contribution in [0.3, 0.4) is 0 Å². The van der Waals surface area contributed by atoms with Crippen LogP contribution in [0.2, 0.25) is 0 Å². The summed E-state index contributed by atoms with van der Waals surface area (Å²) in [6.45, 7) is 2.01. The van der Waals surface area contributed by atoms with E-state index in [9.17, 15) is 14.9 Å². The average molecular weight is 378 g/mol. The van der Waals surface area contributed by atoms with Crippen LogP contribution < -0.4 is 4.90 Å². The number of esters is 1. The molecule has 0 unspecified atom stereocenters. The maximum absolute atomic E-state index is 13.1. The molecule has 0 radical (unpaired) electrons. The second-order valence-corrected chi connectivity index (χ2v) is 7.28. The molecule has 3 rings (SSSR count). The summed E-state index contributed by atoms with van der Waals surface area (Å²) in [5, 5.41) is 9.38. The summed E-state index contributed by atoms with van der Waals surface area (Å²) < 4.78 is 4.73. The summed E-state index contributed by atoms with van der Waals surface area (Å²) in [4.78, 5) is 26.6. The molecule has 5 nitrogen and oxygen atoms in total. The van der Waals surface area contributed by atoms with Crippen LogP contribution in [0.15, 0.2) is 65.2 Å². The number of carbonyl (C=O) groups excluding carboxylic acids is 2. The maximum Gasteiger partial charge on any atom is 0.351 e. The van der Waals surface area contributed by atoms with Gasteiger partial charge in [-0.3, -0.25) is 9.69 Å². The molecule has 136 valence electrons. The van der Waals surface area contributed by atoms with Crippen LogP contribution in [-0.4, -0.2) is 24.2 Å². The van der Waals surface area contributed by atoms with Gasteiger partial charge in [0.25, 0.3) is 0 Å². The smallest absolute Gasteiger partial charge is 0.351 e. The average Bonchev–Trinajstić information content (AvgIpc) is 3.00.